The summed E-state index contributed by atoms with van der Waals surface area (Å²) >= 11 is 0. The number of aromatic nitrogens is 2. The number of aryl methyl sites for hydroxylation is 1. The van der Waals surface area contributed by atoms with Gasteiger partial charge < -0.3 is 9.30 Å². The van der Waals surface area contributed by atoms with E-state index in [1.165, 1.54) is 0 Å². The number of nitrogens with two attached hydrogens (primary N) is 1. The van der Waals surface area contributed by atoms with Crippen LogP contribution in [0.15, 0.2) is 36.8 Å². The lowest BCUT2D eigenvalue weighted by Gasteiger charge is -2.14. The molecule has 1 aromatic carbocycles. The molecule has 0 saturated carbocycles. The molecule has 1 aromatic heterocycles. The summed E-state index contributed by atoms with van der Waals surface area (Å²) in [6.07, 6.45) is 3.68. The van der Waals surface area contributed by atoms with Crippen molar-refractivity contribution >= 4 is 0 Å². The van der Waals surface area contributed by atoms with Crippen LogP contribution in [-0.2, 0) is 7.05 Å². The van der Waals surface area contributed by atoms with Gasteiger partial charge in [-0.3, -0.25) is 5.84 Å². The number of nitrogens with zero attached hydrogens (tertiary/aromatic N) is 2. The molecule has 17 heavy (non-hydrogen) atoms. The van der Waals surface area contributed by atoms with Crippen LogP contribution in [0, 0.1) is 0 Å². The molecule has 0 spiro atoms. The predicted molar refractivity (Wildman–Crippen MR) is 65.4 cm³/mol. The van der Waals surface area contributed by atoms with Gasteiger partial charge in [0.25, 0.3) is 0 Å². The molecule has 1 heterocycles. The van der Waals surface area contributed by atoms with Crippen LogP contribution in [0.3, 0.4) is 0 Å². The number of benzene rings is 1. The van der Waals surface area contributed by atoms with Crippen molar-refractivity contribution in [2.75, 3.05) is 7.11 Å². The van der Waals surface area contributed by atoms with Gasteiger partial charge in [-0.05, 0) is 17.7 Å². The van der Waals surface area contributed by atoms with Crippen molar-refractivity contribution in [2.45, 2.75) is 6.04 Å². The average molecular weight is 232 g/mol. The predicted octanol–water partition coefficient (Wildman–Crippen LogP) is 0.981. The maximum absolute atomic E-state index is 5.60. The molecule has 2 aromatic rings. The van der Waals surface area contributed by atoms with E-state index in [0.29, 0.717) is 0 Å². The summed E-state index contributed by atoms with van der Waals surface area (Å²) < 4.78 is 7.09. The Bertz CT molecular complexity index is 495. The van der Waals surface area contributed by atoms with Crippen LogP contribution in [0.25, 0.3) is 0 Å². The minimum Gasteiger partial charge on any atom is -0.497 e. The second-order valence-electron chi connectivity index (χ2n) is 3.84. The summed E-state index contributed by atoms with van der Waals surface area (Å²) in [4.78, 5) is 4.30. The SMILES string of the molecule is COc1cccc(C(NN)c2cn(C)cn2)c1. The lowest BCUT2D eigenvalue weighted by atomic mass is 10.0. The van der Waals surface area contributed by atoms with Gasteiger partial charge in [-0.1, -0.05) is 12.1 Å². The standard InChI is InChI=1S/C12H16N4O/c1-16-7-11(14-8-16)12(15-13)9-4-3-5-10(6-9)17-2/h3-8,12,15H,13H2,1-2H3. The molecule has 5 heteroatoms. The zero-order chi connectivity index (χ0) is 12.3. The van der Waals surface area contributed by atoms with E-state index in [1.54, 1.807) is 13.4 Å². The van der Waals surface area contributed by atoms with Crippen LogP contribution in [0.2, 0.25) is 0 Å². The molecule has 0 aliphatic rings. The fourth-order valence-electron chi connectivity index (χ4n) is 1.76. The second-order valence-corrected chi connectivity index (χ2v) is 3.84. The topological polar surface area (TPSA) is 65.1 Å². The summed E-state index contributed by atoms with van der Waals surface area (Å²) in [5.41, 5.74) is 4.66. The van der Waals surface area contributed by atoms with Gasteiger partial charge in [0.15, 0.2) is 0 Å². The van der Waals surface area contributed by atoms with Gasteiger partial charge in [0.2, 0.25) is 0 Å². The highest BCUT2D eigenvalue weighted by atomic mass is 16.5. The molecule has 0 bridgehead atoms. The number of hydrazine groups is 1. The van der Waals surface area contributed by atoms with E-state index in [9.17, 15) is 0 Å². The van der Waals surface area contributed by atoms with E-state index < -0.39 is 0 Å². The molecule has 0 radical (unpaired) electrons. The Balaban J connectivity index is 2.34. The van der Waals surface area contributed by atoms with Crippen molar-refractivity contribution in [3.63, 3.8) is 0 Å². The third-order valence-corrected chi connectivity index (χ3v) is 2.61. The molecule has 3 N–H and O–H groups in total. The first-order chi connectivity index (χ1) is 8.24. The third-order valence-electron chi connectivity index (χ3n) is 2.61. The maximum Gasteiger partial charge on any atom is 0.119 e. The Kier molecular flexibility index (Phi) is 3.41. The summed E-state index contributed by atoms with van der Waals surface area (Å²) in [6, 6.07) is 7.63. The van der Waals surface area contributed by atoms with Crippen molar-refractivity contribution in [1.29, 1.82) is 0 Å². The van der Waals surface area contributed by atoms with E-state index in [-0.39, 0.29) is 6.04 Å². The number of imidazole rings is 1. The molecule has 0 aliphatic carbocycles. The highest BCUT2D eigenvalue weighted by Crippen LogP contribution is 2.23. The monoisotopic (exact) mass is 232 g/mol. The van der Waals surface area contributed by atoms with E-state index >= 15 is 0 Å². The Morgan fingerprint density at radius 3 is 2.88 bits per heavy atom. The van der Waals surface area contributed by atoms with Crippen molar-refractivity contribution < 1.29 is 4.74 Å². The molecule has 90 valence electrons. The highest BCUT2D eigenvalue weighted by Gasteiger charge is 2.15. The van der Waals surface area contributed by atoms with Crippen LogP contribution < -0.4 is 16.0 Å². The zero-order valence-electron chi connectivity index (χ0n) is 9.92. The van der Waals surface area contributed by atoms with Crippen molar-refractivity contribution in [1.82, 2.24) is 15.0 Å². The Labute approximate surface area is 100 Å². The number of ether oxygens (including phenoxy) is 1. The quantitative estimate of drug-likeness (QED) is 0.609. The van der Waals surface area contributed by atoms with Gasteiger partial charge >= 0.3 is 0 Å². The van der Waals surface area contributed by atoms with Crippen molar-refractivity contribution in [2.24, 2.45) is 12.9 Å². The minimum absolute atomic E-state index is 0.133. The summed E-state index contributed by atoms with van der Waals surface area (Å²) in [5, 5.41) is 0. The molecule has 5 nitrogen and oxygen atoms in total. The first-order valence-corrected chi connectivity index (χ1v) is 5.32. The molecule has 0 saturated heterocycles. The second kappa shape index (κ2) is 4.99. The van der Waals surface area contributed by atoms with Crippen LogP contribution in [0.4, 0.5) is 0 Å². The van der Waals surface area contributed by atoms with Crippen molar-refractivity contribution in [3.05, 3.63) is 48.0 Å². The van der Waals surface area contributed by atoms with E-state index in [1.807, 2.05) is 42.1 Å². The number of hydrogen-bond donors (Lipinski definition) is 2. The number of rotatable bonds is 4. The third kappa shape index (κ3) is 2.46. The lowest BCUT2D eigenvalue weighted by molar-refractivity contribution is 0.413. The largest absolute Gasteiger partial charge is 0.497 e. The van der Waals surface area contributed by atoms with Crippen LogP contribution in [0.1, 0.15) is 17.3 Å². The fraction of sp³-hybridized carbons (Fsp3) is 0.250. The summed E-state index contributed by atoms with van der Waals surface area (Å²) in [6.45, 7) is 0. The number of nitrogens with one attached hydrogen (secondary N) is 1. The minimum atomic E-state index is -0.133. The van der Waals surface area contributed by atoms with Gasteiger partial charge in [0.1, 0.15) is 5.75 Å². The van der Waals surface area contributed by atoms with Gasteiger partial charge in [0.05, 0.1) is 25.2 Å². The zero-order valence-corrected chi connectivity index (χ0v) is 9.92. The number of hydrogen-bond acceptors (Lipinski definition) is 4. The molecular formula is C12H16N4O. The summed E-state index contributed by atoms with van der Waals surface area (Å²) in [5.74, 6) is 6.40. The summed E-state index contributed by atoms with van der Waals surface area (Å²) in [7, 11) is 3.57. The maximum atomic E-state index is 5.60. The van der Waals surface area contributed by atoms with E-state index in [4.69, 9.17) is 10.6 Å². The molecule has 1 unspecified atom stereocenters. The smallest absolute Gasteiger partial charge is 0.119 e. The molecule has 0 amide bonds. The molecular weight excluding hydrogens is 216 g/mol. The molecule has 1 atom stereocenters. The van der Waals surface area contributed by atoms with Crippen LogP contribution in [0.5, 0.6) is 5.75 Å². The highest BCUT2D eigenvalue weighted by molar-refractivity contribution is 5.34. The van der Waals surface area contributed by atoms with Gasteiger partial charge in [0, 0.05) is 13.2 Å². The lowest BCUT2D eigenvalue weighted by Crippen LogP contribution is -2.29. The fourth-order valence-corrected chi connectivity index (χ4v) is 1.76. The molecule has 0 aliphatic heterocycles. The van der Waals surface area contributed by atoms with Gasteiger partial charge in [-0.25, -0.2) is 10.4 Å². The Hall–Kier alpha value is -1.85. The Morgan fingerprint density at radius 1 is 1.47 bits per heavy atom. The van der Waals surface area contributed by atoms with Crippen LogP contribution >= 0.6 is 0 Å². The Morgan fingerprint density at radius 2 is 2.29 bits per heavy atom. The first kappa shape index (κ1) is 11.6. The van der Waals surface area contributed by atoms with Crippen molar-refractivity contribution in [3.8, 4) is 5.75 Å². The van der Waals surface area contributed by atoms with Gasteiger partial charge in [-0.2, -0.15) is 0 Å². The van der Waals surface area contributed by atoms with E-state index in [2.05, 4.69) is 10.4 Å². The molecule has 0 fully saturated rings. The van der Waals surface area contributed by atoms with E-state index in [0.717, 1.165) is 17.0 Å². The van der Waals surface area contributed by atoms with Crippen LogP contribution in [-0.4, -0.2) is 16.7 Å². The first-order valence-electron chi connectivity index (χ1n) is 5.32. The van der Waals surface area contributed by atoms with Gasteiger partial charge in [-0.15, -0.1) is 0 Å². The normalized spacial score (nSPS) is 12.4. The number of methoxy groups -OCH3 is 1. The average Bonchev–Trinajstić information content (AvgIpc) is 2.77. The molecule has 2 rings (SSSR count).